The van der Waals surface area contributed by atoms with Gasteiger partial charge in [0, 0.05) is 26.2 Å². The number of rotatable bonds is 5. The van der Waals surface area contributed by atoms with Crippen molar-refractivity contribution >= 4 is 5.91 Å². The van der Waals surface area contributed by atoms with Gasteiger partial charge in [0.1, 0.15) is 0 Å². The monoisotopic (exact) mass is 212 g/mol. The number of likely N-dealkylation sites (N-methyl/N-ethyl adjacent to an activating group) is 1. The summed E-state index contributed by atoms with van der Waals surface area (Å²) in [5, 5.41) is 3.17. The van der Waals surface area contributed by atoms with Crippen LogP contribution in [0.5, 0.6) is 0 Å². The normalized spacial score (nSPS) is 25.5. The Labute approximate surface area is 91.0 Å². The summed E-state index contributed by atoms with van der Waals surface area (Å²) in [7, 11) is 1.90. The molecule has 0 spiro atoms. The molecule has 15 heavy (non-hydrogen) atoms. The average molecular weight is 212 g/mol. The summed E-state index contributed by atoms with van der Waals surface area (Å²) >= 11 is 0. The number of amides is 1. The Bertz CT molecular complexity index is 223. The van der Waals surface area contributed by atoms with Gasteiger partial charge in [-0.15, -0.1) is 0 Å². The topological polar surface area (TPSA) is 41.6 Å². The van der Waals surface area contributed by atoms with Crippen LogP contribution in [0.15, 0.2) is 0 Å². The minimum atomic E-state index is 0.204. The van der Waals surface area contributed by atoms with Gasteiger partial charge in [-0.2, -0.15) is 0 Å². The zero-order chi connectivity index (χ0) is 10.7. The molecule has 2 fully saturated rings. The quantitative estimate of drug-likeness (QED) is 0.716. The average Bonchev–Trinajstić information content (AvgIpc) is 2.96. The number of hydrogen-bond acceptors (Lipinski definition) is 3. The lowest BCUT2D eigenvalue weighted by molar-refractivity contribution is -0.129. The molecule has 0 radical (unpaired) electrons. The Kier molecular flexibility index (Phi) is 3.59. The fraction of sp³-hybridized carbons (Fsp3) is 0.909. The van der Waals surface area contributed by atoms with Crippen LogP contribution < -0.4 is 5.32 Å². The summed E-state index contributed by atoms with van der Waals surface area (Å²) in [5.41, 5.74) is 0. The van der Waals surface area contributed by atoms with Gasteiger partial charge >= 0.3 is 0 Å². The van der Waals surface area contributed by atoms with E-state index in [1.807, 2.05) is 11.9 Å². The van der Waals surface area contributed by atoms with Crippen LogP contribution in [-0.2, 0) is 9.53 Å². The molecule has 0 aromatic heterocycles. The van der Waals surface area contributed by atoms with Crippen molar-refractivity contribution in [3.05, 3.63) is 0 Å². The first-order valence-corrected chi connectivity index (χ1v) is 5.85. The maximum Gasteiger partial charge on any atom is 0.236 e. The van der Waals surface area contributed by atoms with E-state index < -0.39 is 0 Å². The number of hydrogen-bond donors (Lipinski definition) is 1. The summed E-state index contributed by atoms with van der Waals surface area (Å²) < 4.78 is 5.47. The third-order valence-corrected chi connectivity index (χ3v) is 3.16. The number of carbonyl (C=O) groups is 1. The van der Waals surface area contributed by atoms with Gasteiger partial charge in [0.15, 0.2) is 0 Å². The lowest BCUT2D eigenvalue weighted by atomic mass is 10.2. The van der Waals surface area contributed by atoms with Gasteiger partial charge < -0.3 is 15.0 Å². The Hall–Kier alpha value is -0.610. The standard InChI is InChI=1S/C11H20N2O2/c1-13(9-4-5-9)11(14)8-12-7-10-3-2-6-15-10/h9-10,12H,2-8H2,1H3. The Morgan fingerprint density at radius 1 is 1.47 bits per heavy atom. The van der Waals surface area contributed by atoms with E-state index in [9.17, 15) is 4.79 Å². The molecule has 1 heterocycles. The van der Waals surface area contributed by atoms with Gasteiger partial charge in [0.25, 0.3) is 0 Å². The van der Waals surface area contributed by atoms with E-state index in [0.29, 0.717) is 18.7 Å². The van der Waals surface area contributed by atoms with Crippen molar-refractivity contribution in [2.75, 3.05) is 26.7 Å². The maximum absolute atomic E-state index is 11.6. The van der Waals surface area contributed by atoms with Crippen molar-refractivity contribution in [3.63, 3.8) is 0 Å². The molecule has 4 heteroatoms. The highest BCUT2D eigenvalue weighted by atomic mass is 16.5. The van der Waals surface area contributed by atoms with Gasteiger partial charge in [0.2, 0.25) is 5.91 Å². The van der Waals surface area contributed by atoms with E-state index in [-0.39, 0.29) is 5.91 Å². The van der Waals surface area contributed by atoms with Crippen LogP contribution in [0.25, 0.3) is 0 Å². The number of carbonyl (C=O) groups excluding carboxylic acids is 1. The predicted octanol–water partition coefficient (Wildman–Crippen LogP) is 0.376. The molecule has 2 rings (SSSR count). The van der Waals surface area contributed by atoms with Gasteiger partial charge in [0.05, 0.1) is 12.6 Å². The third-order valence-electron chi connectivity index (χ3n) is 3.16. The highest BCUT2D eigenvalue weighted by Gasteiger charge is 2.29. The van der Waals surface area contributed by atoms with Crippen molar-refractivity contribution in [1.29, 1.82) is 0 Å². The molecule has 1 aliphatic carbocycles. The van der Waals surface area contributed by atoms with Crippen LogP contribution in [0.4, 0.5) is 0 Å². The summed E-state index contributed by atoms with van der Waals surface area (Å²) in [6.07, 6.45) is 4.95. The fourth-order valence-electron chi connectivity index (χ4n) is 1.94. The molecule has 1 saturated carbocycles. The van der Waals surface area contributed by atoms with Crippen LogP contribution in [0.3, 0.4) is 0 Å². The molecule has 0 aromatic rings. The van der Waals surface area contributed by atoms with Crippen molar-refractivity contribution in [2.24, 2.45) is 0 Å². The van der Waals surface area contributed by atoms with Crippen molar-refractivity contribution in [2.45, 2.75) is 37.8 Å². The number of nitrogens with one attached hydrogen (secondary N) is 1. The van der Waals surface area contributed by atoms with Crippen molar-refractivity contribution < 1.29 is 9.53 Å². The van der Waals surface area contributed by atoms with E-state index in [0.717, 1.165) is 26.0 Å². The van der Waals surface area contributed by atoms with Crippen LogP contribution in [0, 0.1) is 0 Å². The maximum atomic E-state index is 11.6. The Morgan fingerprint density at radius 2 is 2.27 bits per heavy atom. The molecule has 86 valence electrons. The zero-order valence-electron chi connectivity index (χ0n) is 9.37. The molecular weight excluding hydrogens is 192 g/mol. The molecule has 0 aromatic carbocycles. The van der Waals surface area contributed by atoms with Gasteiger partial charge in [-0.3, -0.25) is 4.79 Å². The fourth-order valence-corrected chi connectivity index (χ4v) is 1.94. The first-order chi connectivity index (χ1) is 7.27. The second kappa shape index (κ2) is 4.94. The highest BCUT2D eigenvalue weighted by Crippen LogP contribution is 2.25. The SMILES string of the molecule is CN(C(=O)CNCC1CCCO1)C1CC1. The molecule has 1 atom stereocenters. The van der Waals surface area contributed by atoms with E-state index >= 15 is 0 Å². The molecule has 1 saturated heterocycles. The van der Waals surface area contributed by atoms with Gasteiger partial charge in [-0.25, -0.2) is 0 Å². The summed E-state index contributed by atoms with van der Waals surface area (Å²) in [6, 6.07) is 0.516. The molecule has 0 bridgehead atoms. The van der Waals surface area contributed by atoms with E-state index in [4.69, 9.17) is 4.74 Å². The van der Waals surface area contributed by atoms with Crippen LogP contribution >= 0.6 is 0 Å². The lowest BCUT2D eigenvalue weighted by Crippen LogP contribution is -2.39. The minimum absolute atomic E-state index is 0.204. The zero-order valence-corrected chi connectivity index (χ0v) is 9.37. The first-order valence-electron chi connectivity index (χ1n) is 5.85. The van der Waals surface area contributed by atoms with Crippen LogP contribution in [0.1, 0.15) is 25.7 Å². The second-order valence-electron chi connectivity index (χ2n) is 4.50. The summed E-state index contributed by atoms with van der Waals surface area (Å²) in [6.45, 7) is 2.14. The molecule has 2 aliphatic rings. The lowest BCUT2D eigenvalue weighted by Gasteiger charge is -2.17. The Morgan fingerprint density at radius 3 is 2.87 bits per heavy atom. The summed E-state index contributed by atoms with van der Waals surface area (Å²) in [4.78, 5) is 13.5. The van der Waals surface area contributed by atoms with Crippen LogP contribution in [-0.4, -0.2) is 49.7 Å². The number of nitrogens with zero attached hydrogens (tertiary/aromatic N) is 1. The van der Waals surface area contributed by atoms with E-state index in [1.54, 1.807) is 0 Å². The molecule has 4 nitrogen and oxygen atoms in total. The van der Waals surface area contributed by atoms with Gasteiger partial charge in [-0.05, 0) is 25.7 Å². The first kappa shape index (κ1) is 10.9. The second-order valence-corrected chi connectivity index (χ2v) is 4.50. The molecule has 1 unspecified atom stereocenters. The van der Waals surface area contributed by atoms with E-state index in [2.05, 4.69) is 5.32 Å². The van der Waals surface area contributed by atoms with Crippen molar-refractivity contribution in [3.8, 4) is 0 Å². The molecular formula is C11H20N2O2. The van der Waals surface area contributed by atoms with Crippen LogP contribution in [0.2, 0.25) is 0 Å². The van der Waals surface area contributed by atoms with Crippen molar-refractivity contribution in [1.82, 2.24) is 10.2 Å². The third kappa shape index (κ3) is 3.18. The Balaban J connectivity index is 1.58. The number of ether oxygens (including phenoxy) is 1. The molecule has 1 amide bonds. The summed E-state index contributed by atoms with van der Waals surface area (Å²) in [5.74, 6) is 0.204. The minimum Gasteiger partial charge on any atom is -0.377 e. The smallest absolute Gasteiger partial charge is 0.236 e. The molecule has 1 aliphatic heterocycles. The molecule has 1 N–H and O–H groups in total. The predicted molar refractivity (Wildman–Crippen MR) is 57.6 cm³/mol. The largest absolute Gasteiger partial charge is 0.377 e. The van der Waals surface area contributed by atoms with E-state index in [1.165, 1.54) is 12.8 Å². The highest BCUT2D eigenvalue weighted by molar-refractivity contribution is 5.78. The van der Waals surface area contributed by atoms with Gasteiger partial charge in [-0.1, -0.05) is 0 Å².